The van der Waals surface area contributed by atoms with Crippen molar-refractivity contribution < 1.29 is 12.2 Å². The molecule has 136 valence electrons. The molecule has 0 radical (unpaired) electrons. The summed E-state index contributed by atoms with van der Waals surface area (Å²) in [5.41, 5.74) is 2.65. The molecule has 0 amide bonds. The van der Waals surface area contributed by atoms with Gasteiger partial charge in [0.25, 0.3) is 0 Å². The fraction of sp³-hybridized carbons (Fsp3) is 0.368. The van der Waals surface area contributed by atoms with E-state index in [-0.39, 0.29) is 22.6 Å². The molecule has 2 aromatic rings. The number of methoxy groups -OCH3 is 1. The van der Waals surface area contributed by atoms with Gasteiger partial charge in [0.15, 0.2) is 0 Å². The minimum absolute atomic E-state index is 0.0537. The maximum absolute atomic E-state index is 12.6. The van der Waals surface area contributed by atoms with Crippen molar-refractivity contribution in [3.05, 3.63) is 50.8 Å². The van der Waals surface area contributed by atoms with Crippen LogP contribution in [0.1, 0.15) is 47.6 Å². The van der Waals surface area contributed by atoms with E-state index >= 15 is 0 Å². The minimum atomic E-state index is -0.611. The third kappa shape index (κ3) is 2.41. The number of halogens is 1. The van der Waals surface area contributed by atoms with Crippen molar-refractivity contribution in [1.29, 1.82) is 0 Å². The summed E-state index contributed by atoms with van der Waals surface area (Å²) < 4.78 is 12.4. The van der Waals surface area contributed by atoms with Crippen LogP contribution in [0.25, 0.3) is 11.3 Å². The van der Waals surface area contributed by atoms with E-state index in [4.69, 9.17) is 19.0 Å². The number of esters is 1. The number of benzene rings is 1. The van der Waals surface area contributed by atoms with Gasteiger partial charge >= 0.3 is 178 Å². The molecular weight excluding hydrogens is 560 g/mol. The van der Waals surface area contributed by atoms with Gasteiger partial charge < -0.3 is 0 Å². The topological polar surface area (TPSA) is 60.8 Å². The van der Waals surface area contributed by atoms with Crippen LogP contribution in [-0.2, 0) is 4.74 Å². The van der Waals surface area contributed by atoms with Crippen molar-refractivity contribution in [3.8, 4) is 17.0 Å². The van der Waals surface area contributed by atoms with Gasteiger partial charge in [0.05, 0.1) is 0 Å². The molecule has 2 aliphatic heterocycles. The zero-order valence-corrected chi connectivity index (χ0v) is 19.9. The fourth-order valence-corrected chi connectivity index (χ4v) is 5.84. The van der Waals surface area contributed by atoms with E-state index in [9.17, 15) is 9.59 Å². The van der Waals surface area contributed by atoms with Crippen LogP contribution in [0.2, 0.25) is 5.02 Å². The molecule has 2 fully saturated rings. The number of ether oxygens (including phenoxy) is 1. The monoisotopic (exact) mass is 576 g/mol. The summed E-state index contributed by atoms with van der Waals surface area (Å²) >= 11 is 6.76. The molecular formula is C19H16ClN2O4Tl. The average Bonchev–Trinajstić information content (AvgIpc) is 3.35. The molecule has 5 rings (SSSR count). The average molecular weight is 576 g/mol. The van der Waals surface area contributed by atoms with E-state index in [0.717, 1.165) is 42.5 Å². The second-order valence-electron chi connectivity index (χ2n) is 7.38. The molecule has 6 nitrogen and oxygen atoms in total. The van der Waals surface area contributed by atoms with Gasteiger partial charge in [-0.15, -0.1) is 0 Å². The van der Waals surface area contributed by atoms with Gasteiger partial charge in [-0.1, -0.05) is 0 Å². The van der Waals surface area contributed by atoms with Gasteiger partial charge in [-0.05, 0) is 0 Å². The summed E-state index contributed by atoms with van der Waals surface area (Å²) in [7, 11) is 1.29. The predicted octanol–water partition coefficient (Wildman–Crippen LogP) is 2.74. The second kappa shape index (κ2) is 5.97. The molecule has 27 heavy (non-hydrogen) atoms. The number of carbonyl (C=O) groups excluding carboxylic acids is 1. The zero-order chi connectivity index (χ0) is 18.9. The molecule has 3 heterocycles. The normalized spacial score (nSPS) is 20.6. The number of hydrogen-bond donors (Lipinski definition) is 0. The third-order valence-electron chi connectivity index (χ3n) is 6.03. The number of nitrogens with zero attached hydrogens (tertiary/aromatic N) is 2. The Morgan fingerprint density at radius 2 is 2.07 bits per heavy atom. The summed E-state index contributed by atoms with van der Waals surface area (Å²) in [4.78, 5) is 24.7. The van der Waals surface area contributed by atoms with E-state index in [1.807, 2.05) is 16.8 Å². The Kier molecular flexibility index (Phi) is 3.88. The van der Waals surface area contributed by atoms with E-state index in [2.05, 4.69) is 5.01 Å². The van der Waals surface area contributed by atoms with E-state index in [1.165, 1.54) is 13.2 Å². The molecule has 1 atom stereocenters. The van der Waals surface area contributed by atoms with Gasteiger partial charge in [-0.25, -0.2) is 0 Å². The number of hydrogen-bond acceptors (Lipinski definition) is 5. The summed E-state index contributed by atoms with van der Waals surface area (Å²) in [5.74, 6) is 0.0968. The molecule has 0 unspecified atom stereocenters. The third-order valence-corrected chi connectivity index (χ3v) is 7.31. The fourth-order valence-electron chi connectivity index (χ4n) is 4.59. The van der Waals surface area contributed by atoms with Crippen molar-refractivity contribution in [2.24, 2.45) is 0 Å². The SMILES string of the molecule is COC(=O)c1cn2c(cc1=O)-c1cc(Cl)c([O][Tl])cc1[C@H]1CCC3(CC3)N12. The Bertz CT molecular complexity index is 1050. The van der Waals surface area contributed by atoms with Crippen LogP contribution in [0.5, 0.6) is 5.75 Å². The van der Waals surface area contributed by atoms with Crippen molar-refractivity contribution in [2.45, 2.75) is 37.3 Å². The van der Waals surface area contributed by atoms with Crippen LogP contribution >= 0.6 is 11.6 Å². The predicted molar refractivity (Wildman–Crippen MR) is 101 cm³/mol. The van der Waals surface area contributed by atoms with Gasteiger partial charge in [-0.3, -0.25) is 0 Å². The summed E-state index contributed by atoms with van der Waals surface area (Å²) in [6.07, 6.45) is 6.00. The van der Waals surface area contributed by atoms with Crippen LogP contribution in [-0.4, -0.2) is 49.5 Å². The summed E-state index contributed by atoms with van der Waals surface area (Å²) in [6, 6.07) is 5.61. The number of carbonyl (C=O) groups is 1. The Morgan fingerprint density at radius 3 is 2.74 bits per heavy atom. The molecule has 1 saturated heterocycles. The molecule has 3 aliphatic rings. The summed E-state index contributed by atoms with van der Waals surface area (Å²) in [5, 5.41) is 2.89. The summed E-state index contributed by atoms with van der Waals surface area (Å²) in [6.45, 7) is 0. The van der Waals surface area contributed by atoms with Crippen molar-refractivity contribution in [2.75, 3.05) is 12.1 Å². The molecule has 1 aromatic carbocycles. The van der Waals surface area contributed by atoms with Gasteiger partial charge in [0.1, 0.15) is 0 Å². The number of fused-ring (bicyclic) bond motifs is 7. The zero-order valence-electron chi connectivity index (χ0n) is 14.7. The molecule has 1 aromatic heterocycles. The molecule has 1 aliphatic carbocycles. The second-order valence-corrected chi connectivity index (χ2v) is 8.71. The molecule has 0 N–H and O–H groups in total. The molecule has 8 heteroatoms. The standard InChI is InChI=1S/C19H17ClN2O4.Tl/c1-26-18(25)12-9-21-15(8-16(12)23)10-6-13(20)17(24)7-11(10)14-2-3-19(4-5-19)22(14)21;/h6-9,14,24H,2-5H2,1H3;/q;+1/p-1/t14-;/m1./s1. The van der Waals surface area contributed by atoms with Gasteiger partial charge in [-0.2, -0.15) is 0 Å². The van der Waals surface area contributed by atoms with Crippen molar-refractivity contribution in [3.63, 3.8) is 0 Å². The van der Waals surface area contributed by atoms with Crippen molar-refractivity contribution >= 4 is 43.8 Å². The number of rotatable bonds is 2. The Labute approximate surface area is 177 Å². The van der Waals surface area contributed by atoms with Crippen LogP contribution < -0.4 is 13.1 Å². The number of aromatic nitrogens is 1. The van der Waals surface area contributed by atoms with E-state index in [0.29, 0.717) is 37.0 Å². The molecule has 1 saturated carbocycles. The first-order valence-electron chi connectivity index (χ1n) is 8.84. The Morgan fingerprint density at radius 1 is 1.30 bits per heavy atom. The number of pyridine rings is 1. The molecule has 0 bridgehead atoms. The first-order valence-corrected chi connectivity index (χ1v) is 11.1. The van der Waals surface area contributed by atoms with Crippen molar-refractivity contribution in [1.82, 2.24) is 4.68 Å². The molecule has 1 spiro atoms. The van der Waals surface area contributed by atoms with E-state index < -0.39 is 5.97 Å². The van der Waals surface area contributed by atoms with Crippen LogP contribution in [0.15, 0.2) is 29.2 Å². The quantitative estimate of drug-likeness (QED) is 0.407. The Hall–Kier alpha value is -1.55. The Balaban J connectivity index is 1.81. The van der Waals surface area contributed by atoms with Gasteiger partial charge in [0, 0.05) is 0 Å². The van der Waals surface area contributed by atoms with Crippen LogP contribution in [0.3, 0.4) is 0 Å². The first kappa shape index (κ1) is 17.5. The van der Waals surface area contributed by atoms with Crippen LogP contribution in [0, 0.1) is 0 Å². The maximum atomic E-state index is 12.6. The first-order chi connectivity index (χ1) is 13.0. The van der Waals surface area contributed by atoms with E-state index in [1.54, 1.807) is 6.20 Å². The van der Waals surface area contributed by atoms with Gasteiger partial charge in [0.2, 0.25) is 0 Å². The van der Waals surface area contributed by atoms with Crippen LogP contribution in [0.4, 0.5) is 0 Å².